The highest BCUT2D eigenvalue weighted by molar-refractivity contribution is 5.89. The van der Waals surface area contributed by atoms with E-state index in [1.165, 1.54) is 4.90 Å². The maximum absolute atomic E-state index is 11.9. The Morgan fingerprint density at radius 1 is 1.26 bits per heavy atom. The lowest BCUT2D eigenvalue weighted by Crippen LogP contribution is -2.50. The van der Waals surface area contributed by atoms with E-state index in [9.17, 15) is 9.59 Å². The molecule has 5 heteroatoms. The molecule has 3 N–H and O–H groups in total. The molecule has 2 amide bonds. The highest BCUT2D eigenvalue weighted by Gasteiger charge is 2.21. The van der Waals surface area contributed by atoms with Gasteiger partial charge in [0.25, 0.3) is 0 Å². The Kier molecular flexibility index (Phi) is 5.51. The topological polar surface area (TPSA) is 75.4 Å². The molecule has 0 bridgehead atoms. The molecule has 104 valence electrons. The van der Waals surface area contributed by atoms with Crippen LogP contribution in [-0.2, 0) is 16.0 Å². The number of hydrogen-bond donors (Lipinski definition) is 2. The fourth-order valence-corrected chi connectivity index (χ4v) is 1.73. The second kappa shape index (κ2) is 6.89. The zero-order chi connectivity index (χ0) is 14.4. The summed E-state index contributed by atoms with van der Waals surface area (Å²) in [7, 11) is 3.30. The van der Waals surface area contributed by atoms with Gasteiger partial charge in [0.15, 0.2) is 0 Å². The van der Waals surface area contributed by atoms with Crippen LogP contribution >= 0.6 is 0 Å². The molecule has 1 aromatic rings. The average molecular weight is 263 g/mol. The van der Waals surface area contributed by atoms with Crippen molar-refractivity contribution in [3.8, 4) is 0 Å². The standard InChI is InChI=1S/C14H21N3O2/c1-10(14(19)17(2)3)16-13(18)12(15)9-11-7-5-4-6-8-11/h4-8,10,12H,9,15H2,1-3H3,(H,16,18)/t10?,12-/m0/s1. The third-order valence-electron chi connectivity index (χ3n) is 2.81. The highest BCUT2D eigenvalue weighted by Crippen LogP contribution is 2.02. The second-order valence-electron chi connectivity index (χ2n) is 4.76. The van der Waals surface area contributed by atoms with Crippen LogP contribution in [0.3, 0.4) is 0 Å². The monoisotopic (exact) mass is 263 g/mol. The van der Waals surface area contributed by atoms with E-state index in [2.05, 4.69) is 5.32 Å². The van der Waals surface area contributed by atoms with Crippen molar-refractivity contribution in [3.05, 3.63) is 35.9 Å². The molecule has 0 aromatic heterocycles. The zero-order valence-electron chi connectivity index (χ0n) is 11.6. The third kappa shape index (κ3) is 4.71. The van der Waals surface area contributed by atoms with Crippen LogP contribution in [-0.4, -0.2) is 42.9 Å². The van der Waals surface area contributed by atoms with Crippen molar-refractivity contribution in [1.82, 2.24) is 10.2 Å². The number of rotatable bonds is 5. The quantitative estimate of drug-likeness (QED) is 0.794. The van der Waals surface area contributed by atoms with Crippen LogP contribution in [0.15, 0.2) is 30.3 Å². The number of hydrogen-bond acceptors (Lipinski definition) is 3. The molecular formula is C14H21N3O2. The van der Waals surface area contributed by atoms with Crippen molar-refractivity contribution in [2.45, 2.75) is 25.4 Å². The van der Waals surface area contributed by atoms with E-state index in [1.807, 2.05) is 30.3 Å². The number of carbonyl (C=O) groups is 2. The number of nitrogens with one attached hydrogen (secondary N) is 1. The Morgan fingerprint density at radius 3 is 2.37 bits per heavy atom. The van der Waals surface area contributed by atoms with Gasteiger partial charge in [-0.1, -0.05) is 30.3 Å². The largest absolute Gasteiger partial charge is 0.347 e. The summed E-state index contributed by atoms with van der Waals surface area (Å²) < 4.78 is 0. The Balaban J connectivity index is 2.51. The number of benzene rings is 1. The van der Waals surface area contributed by atoms with Crippen molar-refractivity contribution in [3.63, 3.8) is 0 Å². The first-order valence-electron chi connectivity index (χ1n) is 6.23. The number of nitrogens with two attached hydrogens (primary N) is 1. The van der Waals surface area contributed by atoms with Gasteiger partial charge in [0.05, 0.1) is 6.04 Å². The zero-order valence-corrected chi connectivity index (χ0v) is 11.6. The molecule has 2 atom stereocenters. The van der Waals surface area contributed by atoms with E-state index >= 15 is 0 Å². The number of nitrogens with zero attached hydrogens (tertiary/aromatic N) is 1. The first-order chi connectivity index (χ1) is 8.91. The molecule has 0 aliphatic carbocycles. The molecule has 1 rings (SSSR count). The minimum atomic E-state index is -0.653. The van der Waals surface area contributed by atoms with Crippen molar-refractivity contribution >= 4 is 11.8 Å². The molecule has 0 saturated carbocycles. The van der Waals surface area contributed by atoms with Crippen LogP contribution in [0.4, 0.5) is 0 Å². The maximum Gasteiger partial charge on any atom is 0.244 e. The summed E-state index contributed by atoms with van der Waals surface area (Å²) in [6.07, 6.45) is 0.454. The maximum atomic E-state index is 11.9. The lowest BCUT2D eigenvalue weighted by molar-refractivity contribution is -0.134. The van der Waals surface area contributed by atoms with Crippen molar-refractivity contribution in [1.29, 1.82) is 0 Å². The highest BCUT2D eigenvalue weighted by atomic mass is 16.2. The van der Waals surface area contributed by atoms with Gasteiger partial charge in [-0.15, -0.1) is 0 Å². The fraction of sp³-hybridized carbons (Fsp3) is 0.429. The molecule has 0 aliphatic rings. The summed E-state index contributed by atoms with van der Waals surface area (Å²) in [6, 6.07) is 8.33. The van der Waals surface area contributed by atoms with E-state index in [1.54, 1.807) is 21.0 Å². The summed E-state index contributed by atoms with van der Waals surface area (Å²) >= 11 is 0. The SMILES string of the molecule is CC(NC(=O)[C@@H](N)Cc1ccccc1)C(=O)N(C)C. The Morgan fingerprint density at radius 2 is 1.84 bits per heavy atom. The van der Waals surface area contributed by atoms with Gasteiger partial charge in [0.2, 0.25) is 11.8 Å². The smallest absolute Gasteiger partial charge is 0.244 e. The number of likely N-dealkylation sites (N-methyl/N-ethyl adjacent to an activating group) is 1. The summed E-state index contributed by atoms with van der Waals surface area (Å²) in [5.41, 5.74) is 6.83. The molecule has 0 spiro atoms. The summed E-state index contributed by atoms with van der Waals surface area (Å²) in [5, 5.41) is 2.63. The van der Waals surface area contributed by atoms with Gasteiger partial charge in [-0.05, 0) is 18.9 Å². The molecule has 19 heavy (non-hydrogen) atoms. The van der Waals surface area contributed by atoms with Crippen LogP contribution < -0.4 is 11.1 Å². The molecule has 0 fully saturated rings. The first-order valence-corrected chi connectivity index (χ1v) is 6.23. The lowest BCUT2D eigenvalue weighted by atomic mass is 10.1. The van der Waals surface area contributed by atoms with Crippen molar-refractivity contribution in [2.75, 3.05) is 14.1 Å². The normalized spacial score (nSPS) is 13.5. The van der Waals surface area contributed by atoms with Gasteiger partial charge >= 0.3 is 0 Å². The number of carbonyl (C=O) groups excluding carboxylic acids is 2. The van der Waals surface area contributed by atoms with E-state index in [0.29, 0.717) is 6.42 Å². The van der Waals surface area contributed by atoms with Crippen molar-refractivity contribution in [2.24, 2.45) is 5.73 Å². The minimum absolute atomic E-state index is 0.153. The van der Waals surface area contributed by atoms with Gasteiger partial charge in [0.1, 0.15) is 6.04 Å². The van der Waals surface area contributed by atoms with Crippen LogP contribution in [0.5, 0.6) is 0 Å². The third-order valence-corrected chi connectivity index (χ3v) is 2.81. The van der Waals surface area contributed by atoms with E-state index < -0.39 is 12.1 Å². The van der Waals surface area contributed by atoms with Crippen LogP contribution in [0.2, 0.25) is 0 Å². The Bertz CT molecular complexity index is 432. The molecule has 0 aliphatic heterocycles. The Labute approximate surface area is 113 Å². The molecule has 1 aromatic carbocycles. The predicted octanol–water partition coefficient (Wildman–Crippen LogP) is 0.149. The minimum Gasteiger partial charge on any atom is -0.347 e. The first kappa shape index (κ1) is 15.2. The van der Waals surface area contributed by atoms with Gasteiger partial charge < -0.3 is 16.0 Å². The van der Waals surface area contributed by atoms with Gasteiger partial charge in [0, 0.05) is 14.1 Å². The van der Waals surface area contributed by atoms with E-state index in [0.717, 1.165) is 5.56 Å². The molecule has 5 nitrogen and oxygen atoms in total. The van der Waals surface area contributed by atoms with E-state index in [4.69, 9.17) is 5.73 Å². The van der Waals surface area contributed by atoms with Gasteiger partial charge in [-0.25, -0.2) is 0 Å². The second-order valence-corrected chi connectivity index (χ2v) is 4.76. The summed E-state index contributed by atoms with van der Waals surface area (Å²) in [4.78, 5) is 24.9. The van der Waals surface area contributed by atoms with E-state index in [-0.39, 0.29) is 11.8 Å². The predicted molar refractivity (Wildman–Crippen MR) is 74.4 cm³/mol. The van der Waals surface area contributed by atoms with Crippen molar-refractivity contribution < 1.29 is 9.59 Å². The Hall–Kier alpha value is -1.88. The molecular weight excluding hydrogens is 242 g/mol. The summed E-state index contributed by atoms with van der Waals surface area (Å²) in [6.45, 7) is 1.65. The van der Waals surface area contributed by atoms with Crippen LogP contribution in [0, 0.1) is 0 Å². The number of amides is 2. The van der Waals surface area contributed by atoms with Gasteiger partial charge in [-0.2, -0.15) is 0 Å². The summed E-state index contributed by atoms with van der Waals surface area (Å²) in [5.74, 6) is -0.466. The fourth-order valence-electron chi connectivity index (χ4n) is 1.73. The van der Waals surface area contributed by atoms with Crippen LogP contribution in [0.1, 0.15) is 12.5 Å². The molecule has 0 radical (unpaired) electrons. The average Bonchev–Trinajstić information content (AvgIpc) is 2.38. The molecule has 0 heterocycles. The molecule has 0 saturated heterocycles. The lowest BCUT2D eigenvalue weighted by Gasteiger charge is -2.20. The molecule has 1 unspecified atom stereocenters. The van der Waals surface area contributed by atoms with Gasteiger partial charge in [-0.3, -0.25) is 9.59 Å². The van der Waals surface area contributed by atoms with Crippen LogP contribution in [0.25, 0.3) is 0 Å².